The number of rotatable bonds is 3. The van der Waals surface area contributed by atoms with Crippen molar-refractivity contribution in [1.29, 1.82) is 0 Å². The molecule has 6 nitrogen and oxygen atoms in total. The molecule has 0 spiro atoms. The molecule has 0 bridgehead atoms. The zero-order valence-corrected chi connectivity index (χ0v) is 13.9. The second-order valence-electron chi connectivity index (χ2n) is 6.01. The van der Waals surface area contributed by atoms with Crippen molar-refractivity contribution in [3.05, 3.63) is 24.3 Å². The highest BCUT2D eigenvalue weighted by Crippen LogP contribution is 2.47. The maximum atomic E-state index is 12.5. The fourth-order valence-corrected chi connectivity index (χ4v) is 4.51. The van der Waals surface area contributed by atoms with Gasteiger partial charge in [-0.15, -0.1) is 11.8 Å². The molecule has 0 aliphatic carbocycles. The van der Waals surface area contributed by atoms with E-state index in [0.29, 0.717) is 23.5 Å². The van der Waals surface area contributed by atoms with Crippen molar-refractivity contribution < 1.29 is 14.4 Å². The van der Waals surface area contributed by atoms with Crippen LogP contribution in [0, 0.1) is 0 Å². The van der Waals surface area contributed by atoms with Crippen molar-refractivity contribution in [2.75, 3.05) is 16.4 Å². The minimum absolute atomic E-state index is 0.0543. The number of thioether (sulfide) groups is 1. The lowest BCUT2D eigenvalue weighted by molar-refractivity contribution is -0.135. The summed E-state index contributed by atoms with van der Waals surface area (Å²) in [7, 11) is 0. The van der Waals surface area contributed by atoms with Gasteiger partial charge in [-0.1, -0.05) is 0 Å². The summed E-state index contributed by atoms with van der Waals surface area (Å²) in [6.45, 7) is 3.47. The molecule has 1 aromatic rings. The van der Waals surface area contributed by atoms with Crippen LogP contribution in [0.25, 0.3) is 0 Å². The molecule has 2 aliphatic heterocycles. The molecule has 2 fully saturated rings. The number of nitrogens with zero attached hydrogens (tertiary/aromatic N) is 1. The highest BCUT2D eigenvalue weighted by atomic mass is 32.2. The number of amides is 3. The number of benzene rings is 1. The Morgan fingerprint density at radius 3 is 2.43 bits per heavy atom. The predicted molar refractivity (Wildman–Crippen MR) is 90.1 cm³/mol. The van der Waals surface area contributed by atoms with E-state index in [1.807, 2.05) is 6.92 Å². The van der Waals surface area contributed by atoms with Gasteiger partial charge in [0.1, 0.15) is 6.04 Å². The van der Waals surface area contributed by atoms with Gasteiger partial charge in [0.05, 0.1) is 4.87 Å². The summed E-state index contributed by atoms with van der Waals surface area (Å²) in [4.78, 5) is 37.1. The Kier molecular flexibility index (Phi) is 4.06. The molecule has 2 N–H and O–H groups in total. The fourth-order valence-electron chi connectivity index (χ4n) is 3.08. The van der Waals surface area contributed by atoms with Gasteiger partial charge in [-0.2, -0.15) is 0 Å². The standard InChI is InChI=1S/C16H19N3O3S/c1-10(20)17-11-3-5-12(6-4-11)18-15(22)13-9-23-16(2)8-7-14(21)19(13)16/h3-6,13H,7-9H2,1-2H3,(H,17,20)(H,18,22)/t13-,16+/m0/s1. The molecule has 122 valence electrons. The van der Waals surface area contributed by atoms with Crippen LogP contribution in [0.2, 0.25) is 0 Å². The van der Waals surface area contributed by atoms with Gasteiger partial charge in [-0.25, -0.2) is 0 Å². The van der Waals surface area contributed by atoms with Crippen LogP contribution in [-0.4, -0.2) is 39.3 Å². The number of fused-ring (bicyclic) bond motifs is 1. The van der Waals surface area contributed by atoms with Gasteiger partial charge in [0.2, 0.25) is 17.7 Å². The topological polar surface area (TPSA) is 78.5 Å². The molecule has 1 aromatic carbocycles. The van der Waals surface area contributed by atoms with Crippen molar-refractivity contribution in [2.24, 2.45) is 0 Å². The number of hydrogen-bond donors (Lipinski definition) is 2. The lowest BCUT2D eigenvalue weighted by atomic mass is 10.2. The Labute approximate surface area is 139 Å². The van der Waals surface area contributed by atoms with Crippen molar-refractivity contribution >= 4 is 40.9 Å². The summed E-state index contributed by atoms with van der Waals surface area (Å²) in [6.07, 6.45) is 1.31. The van der Waals surface area contributed by atoms with E-state index >= 15 is 0 Å². The summed E-state index contributed by atoms with van der Waals surface area (Å²) in [5.74, 6) is 0.372. The van der Waals surface area contributed by atoms with Gasteiger partial charge >= 0.3 is 0 Å². The highest BCUT2D eigenvalue weighted by molar-refractivity contribution is 8.01. The lowest BCUT2D eigenvalue weighted by Gasteiger charge is -2.29. The predicted octanol–water partition coefficient (Wildman–Crippen LogP) is 2.04. The number of carbonyl (C=O) groups excluding carboxylic acids is 3. The molecular formula is C16H19N3O3S. The summed E-state index contributed by atoms with van der Waals surface area (Å²) in [5.41, 5.74) is 1.32. The van der Waals surface area contributed by atoms with Crippen molar-refractivity contribution in [3.63, 3.8) is 0 Å². The first-order chi connectivity index (χ1) is 10.9. The maximum Gasteiger partial charge on any atom is 0.248 e. The number of hydrogen-bond acceptors (Lipinski definition) is 4. The number of anilines is 2. The van der Waals surface area contributed by atoms with E-state index in [4.69, 9.17) is 0 Å². The highest BCUT2D eigenvalue weighted by Gasteiger charge is 2.52. The SMILES string of the molecule is CC(=O)Nc1ccc(NC(=O)[C@@H]2CS[C@]3(C)CCC(=O)N23)cc1. The van der Waals surface area contributed by atoms with Crippen molar-refractivity contribution in [1.82, 2.24) is 4.90 Å². The van der Waals surface area contributed by atoms with E-state index in [-0.39, 0.29) is 22.6 Å². The molecule has 2 heterocycles. The Morgan fingerprint density at radius 1 is 1.22 bits per heavy atom. The monoisotopic (exact) mass is 333 g/mol. The van der Waals surface area contributed by atoms with Crippen LogP contribution in [-0.2, 0) is 14.4 Å². The minimum Gasteiger partial charge on any atom is -0.326 e. The molecule has 0 saturated carbocycles. The molecule has 0 unspecified atom stereocenters. The molecule has 23 heavy (non-hydrogen) atoms. The van der Waals surface area contributed by atoms with E-state index in [1.165, 1.54) is 6.92 Å². The first-order valence-corrected chi connectivity index (χ1v) is 8.52. The van der Waals surface area contributed by atoms with Crippen LogP contribution in [0.15, 0.2) is 24.3 Å². The summed E-state index contributed by atoms with van der Waals surface area (Å²) >= 11 is 1.67. The Bertz CT molecular complexity index is 661. The second-order valence-corrected chi connectivity index (χ2v) is 7.51. The van der Waals surface area contributed by atoms with Crippen molar-refractivity contribution in [3.8, 4) is 0 Å². The fraction of sp³-hybridized carbons (Fsp3) is 0.438. The van der Waals surface area contributed by atoms with Crippen molar-refractivity contribution in [2.45, 2.75) is 37.6 Å². The van der Waals surface area contributed by atoms with Crippen LogP contribution in [0.5, 0.6) is 0 Å². The largest absolute Gasteiger partial charge is 0.326 e. The van der Waals surface area contributed by atoms with Crippen LogP contribution < -0.4 is 10.6 Å². The van der Waals surface area contributed by atoms with Crippen LogP contribution >= 0.6 is 11.8 Å². The van der Waals surface area contributed by atoms with Gasteiger partial charge in [0.25, 0.3) is 0 Å². The molecule has 3 amide bonds. The Hall–Kier alpha value is -2.02. The van der Waals surface area contributed by atoms with Crippen LogP contribution in [0.1, 0.15) is 26.7 Å². The maximum absolute atomic E-state index is 12.5. The summed E-state index contributed by atoms with van der Waals surface area (Å²) in [6, 6.07) is 6.50. The van der Waals surface area contributed by atoms with E-state index in [9.17, 15) is 14.4 Å². The zero-order valence-electron chi connectivity index (χ0n) is 13.1. The lowest BCUT2D eigenvalue weighted by Crippen LogP contribution is -2.48. The minimum atomic E-state index is -0.421. The van der Waals surface area contributed by atoms with Gasteiger partial charge in [0, 0.05) is 30.5 Å². The van der Waals surface area contributed by atoms with Gasteiger partial charge < -0.3 is 15.5 Å². The third-order valence-electron chi connectivity index (χ3n) is 4.22. The first-order valence-electron chi connectivity index (χ1n) is 7.54. The molecule has 2 saturated heterocycles. The first kappa shape index (κ1) is 15.9. The summed E-state index contributed by atoms with van der Waals surface area (Å²) in [5, 5.41) is 5.53. The number of carbonyl (C=O) groups is 3. The second kappa shape index (κ2) is 5.88. The van der Waals surface area contributed by atoms with Gasteiger partial charge in [-0.3, -0.25) is 14.4 Å². The molecule has 0 aromatic heterocycles. The Balaban J connectivity index is 1.67. The van der Waals surface area contributed by atoms with Gasteiger partial charge in [0.15, 0.2) is 0 Å². The average Bonchev–Trinajstić information content (AvgIpc) is 2.98. The third kappa shape index (κ3) is 3.06. The third-order valence-corrected chi connectivity index (χ3v) is 5.73. The Morgan fingerprint density at radius 2 is 1.83 bits per heavy atom. The molecular weight excluding hydrogens is 314 g/mol. The molecule has 2 aliphatic rings. The normalized spacial score (nSPS) is 26.1. The van der Waals surface area contributed by atoms with Gasteiger partial charge in [-0.05, 0) is 37.6 Å². The van der Waals surface area contributed by atoms with E-state index in [0.717, 1.165) is 6.42 Å². The molecule has 2 atom stereocenters. The molecule has 0 radical (unpaired) electrons. The molecule has 3 rings (SSSR count). The van der Waals surface area contributed by atoms with E-state index in [2.05, 4.69) is 10.6 Å². The molecule has 7 heteroatoms. The average molecular weight is 333 g/mol. The zero-order chi connectivity index (χ0) is 16.6. The number of nitrogens with one attached hydrogen (secondary N) is 2. The van der Waals surface area contributed by atoms with E-state index in [1.54, 1.807) is 40.9 Å². The summed E-state index contributed by atoms with van der Waals surface area (Å²) < 4.78 is 0. The van der Waals surface area contributed by atoms with Crippen LogP contribution in [0.4, 0.5) is 11.4 Å². The smallest absolute Gasteiger partial charge is 0.248 e. The quantitative estimate of drug-likeness (QED) is 0.887. The van der Waals surface area contributed by atoms with E-state index < -0.39 is 6.04 Å². The van der Waals surface area contributed by atoms with Crippen LogP contribution in [0.3, 0.4) is 0 Å².